The van der Waals surface area contributed by atoms with Crippen molar-refractivity contribution >= 4 is 49.4 Å². The van der Waals surface area contributed by atoms with E-state index in [9.17, 15) is 0 Å². The number of fused-ring (bicyclic) bond motifs is 16. The average molecular weight is 786 g/mol. The van der Waals surface area contributed by atoms with Gasteiger partial charge in [0.05, 0.1) is 5.41 Å². The highest BCUT2D eigenvalue weighted by atomic mass is 15.1. The molecular weight excluding hydrogens is 747 g/mol. The van der Waals surface area contributed by atoms with Gasteiger partial charge in [0.1, 0.15) is 0 Å². The molecule has 0 aliphatic heterocycles. The van der Waals surface area contributed by atoms with Crippen LogP contribution in [0.25, 0.3) is 76.8 Å². The van der Waals surface area contributed by atoms with Crippen LogP contribution in [0.3, 0.4) is 0 Å². The third kappa shape index (κ3) is 4.97. The van der Waals surface area contributed by atoms with Crippen LogP contribution in [0.4, 0.5) is 17.1 Å². The van der Waals surface area contributed by atoms with Crippen molar-refractivity contribution < 1.29 is 0 Å². The Labute approximate surface area is 361 Å². The summed E-state index contributed by atoms with van der Waals surface area (Å²) in [4.78, 5) is 2.48. The predicted octanol–water partition coefficient (Wildman–Crippen LogP) is 16.3. The second-order valence-corrected chi connectivity index (χ2v) is 16.8. The monoisotopic (exact) mass is 785 g/mol. The molecule has 0 amide bonds. The highest BCUT2D eigenvalue weighted by Gasteiger charge is 2.51. The van der Waals surface area contributed by atoms with Crippen LogP contribution >= 0.6 is 0 Å². The third-order valence-corrected chi connectivity index (χ3v) is 13.7. The Kier molecular flexibility index (Phi) is 7.59. The summed E-state index contributed by atoms with van der Waals surface area (Å²) in [5.74, 6) is 0. The largest absolute Gasteiger partial charge is 0.310 e. The fraction of sp³-hybridized carbons (Fsp3) is 0.0164. The number of rotatable bonds is 5. The molecule has 0 heterocycles. The number of anilines is 3. The lowest BCUT2D eigenvalue weighted by Crippen LogP contribution is -2.26. The minimum atomic E-state index is -0.443. The second-order valence-electron chi connectivity index (χ2n) is 16.8. The van der Waals surface area contributed by atoms with Gasteiger partial charge in [-0.3, -0.25) is 0 Å². The molecule has 0 atom stereocenters. The first-order valence-corrected chi connectivity index (χ1v) is 21.6. The molecule has 0 aromatic heterocycles. The van der Waals surface area contributed by atoms with Gasteiger partial charge in [0.2, 0.25) is 0 Å². The van der Waals surface area contributed by atoms with Crippen LogP contribution in [0, 0.1) is 0 Å². The van der Waals surface area contributed by atoms with E-state index in [1.165, 1.54) is 99.1 Å². The Balaban J connectivity index is 1.05. The fourth-order valence-electron chi connectivity index (χ4n) is 11.0. The molecular formula is C61H39N. The minimum Gasteiger partial charge on any atom is -0.310 e. The van der Waals surface area contributed by atoms with Gasteiger partial charge >= 0.3 is 0 Å². The summed E-state index contributed by atoms with van der Waals surface area (Å²) in [6.07, 6.45) is 0. The van der Waals surface area contributed by atoms with Crippen LogP contribution < -0.4 is 4.90 Å². The number of benzene rings is 11. The molecule has 0 radical (unpaired) electrons. The molecule has 0 fully saturated rings. The van der Waals surface area contributed by atoms with Gasteiger partial charge in [-0.25, -0.2) is 0 Å². The van der Waals surface area contributed by atoms with Gasteiger partial charge in [-0.2, -0.15) is 0 Å². The van der Waals surface area contributed by atoms with Crippen LogP contribution in [0.2, 0.25) is 0 Å². The van der Waals surface area contributed by atoms with Crippen molar-refractivity contribution in [3.63, 3.8) is 0 Å². The quantitative estimate of drug-likeness (QED) is 0.157. The molecule has 13 rings (SSSR count). The summed E-state index contributed by atoms with van der Waals surface area (Å²) in [6.45, 7) is 0. The number of hydrogen-bond acceptors (Lipinski definition) is 1. The first-order valence-electron chi connectivity index (χ1n) is 21.6. The topological polar surface area (TPSA) is 3.24 Å². The summed E-state index contributed by atoms with van der Waals surface area (Å²) in [5, 5.41) is 7.60. The van der Waals surface area contributed by atoms with Crippen LogP contribution in [0.1, 0.15) is 22.3 Å². The lowest BCUT2D eigenvalue weighted by atomic mass is 9.70. The normalized spacial score (nSPS) is 13.0. The highest BCUT2D eigenvalue weighted by Crippen LogP contribution is 2.63. The van der Waals surface area contributed by atoms with E-state index in [1.807, 2.05) is 0 Å². The van der Waals surface area contributed by atoms with Crippen molar-refractivity contribution in [1.82, 2.24) is 0 Å². The van der Waals surface area contributed by atoms with Crippen molar-refractivity contribution in [3.8, 4) is 44.5 Å². The van der Waals surface area contributed by atoms with Gasteiger partial charge in [0, 0.05) is 17.1 Å². The standard InChI is InChI=1S/C61H39N/c1-2-15-40(16-3-1)41-29-31-42(32-30-41)43-17-14-18-44(37-43)62(45-33-35-51-49-21-5-4-19-47(49)48-20-6-7-22-50(48)56(51)38-45)46-34-36-55-54-25-10-13-28-59(54)61(60(55)39-46)57-26-11-8-23-52(57)53-24-9-12-27-58(53)61/h1-39H. The van der Waals surface area contributed by atoms with E-state index in [2.05, 4.69) is 241 Å². The summed E-state index contributed by atoms with van der Waals surface area (Å²) in [5.41, 5.74) is 18.3. The van der Waals surface area contributed by atoms with Crippen LogP contribution in [-0.4, -0.2) is 0 Å². The van der Waals surface area contributed by atoms with Gasteiger partial charge in [-0.05, 0) is 135 Å². The van der Waals surface area contributed by atoms with Crippen molar-refractivity contribution in [3.05, 3.63) is 259 Å². The first kappa shape index (κ1) is 34.8. The molecule has 11 aromatic rings. The van der Waals surface area contributed by atoms with Crippen molar-refractivity contribution in [2.24, 2.45) is 0 Å². The minimum absolute atomic E-state index is 0.443. The average Bonchev–Trinajstić information content (AvgIpc) is 3.82. The van der Waals surface area contributed by atoms with Crippen LogP contribution in [0.15, 0.2) is 237 Å². The third-order valence-electron chi connectivity index (χ3n) is 13.7. The van der Waals surface area contributed by atoms with Crippen molar-refractivity contribution in [2.75, 3.05) is 4.90 Å². The number of hydrogen-bond donors (Lipinski definition) is 0. The van der Waals surface area contributed by atoms with E-state index in [4.69, 9.17) is 0 Å². The lowest BCUT2D eigenvalue weighted by molar-refractivity contribution is 0.793. The summed E-state index contributed by atoms with van der Waals surface area (Å²) in [6, 6.07) is 87.9. The molecule has 2 aliphatic rings. The molecule has 11 aromatic carbocycles. The van der Waals surface area contributed by atoms with Crippen molar-refractivity contribution in [1.29, 1.82) is 0 Å². The van der Waals surface area contributed by atoms with Gasteiger partial charge < -0.3 is 4.90 Å². The molecule has 1 heteroatoms. The van der Waals surface area contributed by atoms with E-state index >= 15 is 0 Å². The molecule has 1 spiro atoms. The van der Waals surface area contributed by atoms with Crippen LogP contribution in [-0.2, 0) is 5.41 Å². The zero-order chi connectivity index (χ0) is 40.8. The van der Waals surface area contributed by atoms with E-state index < -0.39 is 5.41 Å². The van der Waals surface area contributed by atoms with Crippen LogP contribution in [0.5, 0.6) is 0 Å². The van der Waals surface area contributed by atoms with E-state index in [-0.39, 0.29) is 0 Å². The zero-order valence-corrected chi connectivity index (χ0v) is 34.0. The first-order chi connectivity index (χ1) is 30.8. The SMILES string of the molecule is c1ccc(-c2ccc(-c3cccc(N(c4ccc5c(c4)C4(c6ccccc6-c6ccccc64)c4ccccc4-5)c4ccc5c6ccccc6c6ccccc6c5c4)c3)cc2)cc1. The fourth-order valence-corrected chi connectivity index (χ4v) is 11.0. The Morgan fingerprint density at radius 2 is 0.629 bits per heavy atom. The molecule has 62 heavy (non-hydrogen) atoms. The molecule has 0 unspecified atom stereocenters. The maximum absolute atomic E-state index is 2.50. The molecule has 288 valence electrons. The maximum atomic E-state index is 2.50. The van der Waals surface area contributed by atoms with Gasteiger partial charge in [0.25, 0.3) is 0 Å². The summed E-state index contributed by atoms with van der Waals surface area (Å²) < 4.78 is 0. The Morgan fingerprint density at radius 1 is 0.226 bits per heavy atom. The smallest absolute Gasteiger partial charge is 0.0726 e. The number of nitrogens with zero attached hydrogens (tertiary/aromatic N) is 1. The van der Waals surface area contributed by atoms with E-state index in [0.29, 0.717) is 0 Å². The van der Waals surface area contributed by atoms with E-state index in [1.54, 1.807) is 0 Å². The Morgan fingerprint density at radius 3 is 1.23 bits per heavy atom. The second kappa shape index (κ2) is 13.5. The zero-order valence-electron chi connectivity index (χ0n) is 34.0. The maximum Gasteiger partial charge on any atom is 0.0726 e. The molecule has 0 saturated heterocycles. The molecule has 2 aliphatic carbocycles. The van der Waals surface area contributed by atoms with Gasteiger partial charge in [-0.15, -0.1) is 0 Å². The molecule has 1 nitrogen and oxygen atoms in total. The molecule has 0 bridgehead atoms. The van der Waals surface area contributed by atoms with Crippen molar-refractivity contribution in [2.45, 2.75) is 5.41 Å². The summed E-state index contributed by atoms with van der Waals surface area (Å²) >= 11 is 0. The Bertz CT molecular complexity index is 3480. The molecule has 0 saturated carbocycles. The molecule has 0 N–H and O–H groups in total. The Hall–Kier alpha value is -8.00. The predicted molar refractivity (Wildman–Crippen MR) is 261 cm³/mol. The highest BCUT2D eigenvalue weighted by molar-refractivity contribution is 6.25. The van der Waals surface area contributed by atoms with E-state index in [0.717, 1.165) is 17.1 Å². The van der Waals surface area contributed by atoms with Gasteiger partial charge in [-0.1, -0.05) is 200 Å². The van der Waals surface area contributed by atoms with Gasteiger partial charge in [0.15, 0.2) is 0 Å². The lowest BCUT2D eigenvalue weighted by Gasteiger charge is -2.32. The summed E-state index contributed by atoms with van der Waals surface area (Å²) in [7, 11) is 0.